The molecule has 0 radical (unpaired) electrons. The maximum absolute atomic E-state index is 4.25. The summed E-state index contributed by atoms with van der Waals surface area (Å²) in [6.07, 6.45) is 0. The second kappa shape index (κ2) is 3.84. The van der Waals surface area contributed by atoms with Crippen molar-refractivity contribution in [3.8, 4) is 0 Å². The molecule has 1 aromatic carbocycles. The van der Waals surface area contributed by atoms with Crippen molar-refractivity contribution in [2.75, 3.05) is 0 Å². The van der Waals surface area contributed by atoms with Crippen molar-refractivity contribution in [1.82, 2.24) is 15.0 Å². The molecule has 0 amide bonds. The smallest absolute Gasteiger partial charge is 0.129 e. The zero-order valence-electron chi connectivity index (χ0n) is 6.85. The van der Waals surface area contributed by atoms with Gasteiger partial charge in [-0.05, 0) is 63.7 Å². The summed E-state index contributed by atoms with van der Waals surface area (Å²) in [6, 6.07) is 0. The normalized spacial score (nSPS) is 11.2. The molecule has 0 aliphatic rings. The average Bonchev–Trinajstić information content (AvgIpc) is 2.54. The zero-order chi connectivity index (χ0) is 10.5. The number of nitrogens with zero attached hydrogens (tertiary/aromatic N) is 3. The molecule has 1 aromatic heterocycles. The summed E-state index contributed by atoms with van der Waals surface area (Å²) in [5.74, 6) is 0. The van der Waals surface area contributed by atoms with Gasteiger partial charge < -0.3 is 0 Å². The lowest BCUT2D eigenvalue weighted by atomic mass is 10.3. The van der Waals surface area contributed by atoms with Crippen LogP contribution in [-0.4, -0.2) is 15.0 Å². The SMILES string of the molecule is Cn1nc2c(Br)c(Br)c(Br)c(Br)c2n1. The third-order valence-corrected chi connectivity index (χ3v) is 6.43. The molecule has 14 heavy (non-hydrogen) atoms. The number of rotatable bonds is 0. The third-order valence-electron chi connectivity index (χ3n) is 1.71. The van der Waals surface area contributed by atoms with Gasteiger partial charge in [0.25, 0.3) is 0 Å². The Hall–Kier alpha value is 0.540. The van der Waals surface area contributed by atoms with Crippen LogP contribution in [0, 0.1) is 0 Å². The van der Waals surface area contributed by atoms with E-state index in [1.54, 1.807) is 11.8 Å². The quantitative estimate of drug-likeness (QED) is 0.450. The molecule has 0 saturated heterocycles. The van der Waals surface area contributed by atoms with Gasteiger partial charge in [0, 0.05) is 16.0 Å². The van der Waals surface area contributed by atoms with Crippen molar-refractivity contribution < 1.29 is 0 Å². The first-order valence-electron chi connectivity index (χ1n) is 3.55. The Morgan fingerprint density at radius 3 is 1.50 bits per heavy atom. The number of hydrogen-bond acceptors (Lipinski definition) is 2. The predicted octanol–water partition coefficient (Wildman–Crippen LogP) is 4.02. The molecule has 2 rings (SSSR count). The van der Waals surface area contributed by atoms with Crippen LogP contribution in [0.1, 0.15) is 0 Å². The number of aryl methyl sites for hydroxylation is 1. The number of aromatic nitrogens is 3. The molecule has 0 fully saturated rings. The van der Waals surface area contributed by atoms with Gasteiger partial charge in [0.05, 0.1) is 8.95 Å². The standard InChI is InChI=1S/C7H3Br4N3/c1-14-12-6-4(10)2(8)3(9)5(11)7(6)13-14/h1H3. The first-order chi connectivity index (χ1) is 6.52. The van der Waals surface area contributed by atoms with Crippen molar-refractivity contribution in [2.24, 2.45) is 7.05 Å². The summed E-state index contributed by atoms with van der Waals surface area (Å²) in [7, 11) is 1.79. The molecule has 0 bridgehead atoms. The van der Waals surface area contributed by atoms with Crippen molar-refractivity contribution in [2.45, 2.75) is 0 Å². The minimum Gasteiger partial charge on any atom is -0.187 e. The second-order valence-electron chi connectivity index (χ2n) is 2.64. The highest BCUT2D eigenvalue weighted by atomic mass is 79.9. The minimum atomic E-state index is 0.828. The van der Waals surface area contributed by atoms with Crippen molar-refractivity contribution in [3.05, 3.63) is 17.9 Å². The Labute approximate surface area is 114 Å². The summed E-state index contributed by atoms with van der Waals surface area (Å²) in [4.78, 5) is 1.54. The Kier molecular flexibility index (Phi) is 3.03. The Morgan fingerprint density at radius 2 is 1.14 bits per heavy atom. The summed E-state index contributed by atoms with van der Waals surface area (Å²) in [5.41, 5.74) is 1.66. The molecule has 74 valence electrons. The number of benzene rings is 1. The van der Waals surface area contributed by atoms with Crippen LogP contribution in [0.25, 0.3) is 11.0 Å². The van der Waals surface area contributed by atoms with Gasteiger partial charge in [-0.1, -0.05) is 0 Å². The molecule has 0 spiro atoms. The summed E-state index contributed by atoms with van der Waals surface area (Å²) >= 11 is 13.9. The van der Waals surface area contributed by atoms with Crippen molar-refractivity contribution >= 4 is 74.8 Å². The number of hydrogen-bond donors (Lipinski definition) is 0. The molecule has 0 unspecified atom stereocenters. The Morgan fingerprint density at radius 1 is 0.786 bits per heavy atom. The molecule has 0 N–H and O–H groups in total. The van der Waals surface area contributed by atoms with Gasteiger partial charge in [-0.15, -0.1) is 0 Å². The van der Waals surface area contributed by atoms with E-state index in [-0.39, 0.29) is 0 Å². The average molecular weight is 449 g/mol. The molecular formula is C7H3Br4N3. The lowest BCUT2D eigenvalue weighted by Gasteiger charge is -2.02. The maximum Gasteiger partial charge on any atom is 0.129 e. The van der Waals surface area contributed by atoms with Crippen LogP contribution in [0.15, 0.2) is 17.9 Å². The monoisotopic (exact) mass is 445 g/mol. The lowest BCUT2D eigenvalue weighted by molar-refractivity contribution is 0.665. The topological polar surface area (TPSA) is 30.7 Å². The molecular weight excluding hydrogens is 446 g/mol. The third kappa shape index (κ3) is 1.58. The van der Waals surface area contributed by atoms with Crippen LogP contribution in [0.2, 0.25) is 0 Å². The molecule has 0 atom stereocenters. The van der Waals surface area contributed by atoms with Gasteiger partial charge in [0.15, 0.2) is 0 Å². The summed E-state index contributed by atoms with van der Waals surface area (Å²) in [5, 5.41) is 8.51. The van der Waals surface area contributed by atoms with E-state index in [9.17, 15) is 0 Å². The highest BCUT2D eigenvalue weighted by Gasteiger charge is 2.16. The van der Waals surface area contributed by atoms with E-state index in [1.807, 2.05) is 0 Å². The zero-order valence-corrected chi connectivity index (χ0v) is 13.2. The minimum absolute atomic E-state index is 0.828. The van der Waals surface area contributed by atoms with Crippen molar-refractivity contribution in [3.63, 3.8) is 0 Å². The molecule has 0 aliphatic carbocycles. The molecule has 1 heterocycles. The van der Waals surface area contributed by atoms with Gasteiger partial charge >= 0.3 is 0 Å². The van der Waals surface area contributed by atoms with E-state index in [1.165, 1.54) is 0 Å². The van der Waals surface area contributed by atoms with Crippen LogP contribution in [0.4, 0.5) is 0 Å². The Balaban J connectivity index is 3.01. The van der Waals surface area contributed by atoms with E-state index in [0.29, 0.717) is 0 Å². The van der Waals surface area contributed by atoms with E-state index in [2.05, 4.69) is 73.9 Å². The molecule has 2 aromatic rings. The molecule has 7 heteroatoms. The molecule has 0 aliphatic heterocycles. The van der Waals surface area contributed by atoms with Gasteiger partial charge in [-0.25, -0.2) is 0 Å². The van der Waals surface area contributed by atoms with E-state index in [0.717, 1.165) is 28.9 Å². The second-order valence-corrected chi connectivity index (χ2v) is 5.81. The first-order valence-corrected chi connectivity index (χ1v) is 6.72. The van der Waals surface area contributed by atoms with Crippen molar-refractivity contribution in [1.29, 1.82) is 0 Å². The predicted molar refractivity (Wildman–Crippen MR) is 69.3 cm³/mol. The van der Waals surface area contributed by atoms with Crippen LogP contribution in [0.3, 0.4) is 0 Å². The van der Waals surface area contributed by atoms with Gasteiger partial charge in [-0.3, -0.25) is 0 Å². The fourth-order valence-corrected chi connectivity index (χ4v) is 3.34. The fraction of sp³-hybridized carbons (Fsp3) is 0.143. The van der Waals surface area contributed by atoms with Gasteiger partial charge in [0.1, 0.15) is 11.0 Å². The Bertz CT molecular complexity index is 474. The molecule has 3 nitrogen and oxygen atoms in total. The highest BCUT2D eigenvalue weighted by molar-refractivity contribution is 9.15. The van der Waals surface area contributed by atoms with E-state index in [4.69, 9.17) is 0 Å². The fourth-order valence-electron chi connectivity index (χ4n) is 1.10. The number of halogens is 4. The lowest BCUT2D eigenvalue weighted by Crippen LogP contribution is -1.90. The molecule has 0 saturated carbocycles. The maximum atomic E-state index is 4.25. The van der Waals surface area contributed by atoms with Crippen LogP contribution in [-0.2, 0) is 7.05 Å². The number of fused-ring (bicyclic) bond motifs is 1. The van der Waals surface area contributed by atoms with E-state index >= 15 is 0 Å². The largest absolute Gasteiger partial charge is 0.187 e. The van der Waals surface area contributed by atoms with Gasteiger partial charge in [-0.2, -0.15) is 15.0 Å². The van der Waals surface area contributed by atoms with Crippen LogP contribution in [0.5, 0.6) is 0 Å². The summed E-state index contributed by atoms with van der Waals surface area (Å²) in [6.45, 7) is 0. The van der Waals surface area contributed by atoms with Gasteiger partial charge in [0.2, 0.25) is 0 Å². The highest BCUT2D eigenvalue weighted by Crippen LogP contribution is 2.41. The summed E-state index contributed by atoms with van der Waals surface area (Å²) < 4.78 is 3.65. The first kappa shape index (κ1) is 11.0. The van der Waals surface area contributed by atoms with Crippen LogP contribution >= 0.6 is 63.7 Å². The van der Waals surface area contributed by atoms with E-state index < -0.39 is 0 Å². The van der Waals surface area contributed by atoms with Crippen LogP contribution < -0.4 is 0 Å².